The van der Waals surface area contributed by atoms with E-state index in [9.17, 15) is 0 Å². The van der Waals surface area contributed by atoms with Crippen LogP contribution < -0.4 is 0 Å². The molecule has 0 aliphatic heterocycles. The molecule has 0 bridgehead atoms. The highest BCUT2D eigenvalue weighted by Crippen LogP contribution is 2.35. The molecule has 2 aromatic rings. The lowest BCUT2D eigenvalue weighted by atomic mass is 9.81. The molecule has 6 nitrogen and oxygen atoms in total. The van der Waals surface area contributed by atoms with Gasteiger partial charge in [0.05, 0.1) is 0 Å². The zero-order valence-corrected chi connectivity index (χ0v) is 15.8. The normalized spacial score (nSPS) is 18.9. The van der Waals surface area contributed by atoms with Crippen LogP contribution in [0.25, 0.3) is 33.0 Å². The van der Waals surface area contributed by atoms with Crippen LogP contribution >= 0.6 is 0 Å². The molecule has 28 heavy (non-hydrogen) atoms. The lowest BCUT2D eigenvalue weighted by molar-refractivity contribution is 0.771. The molecule has 0 aromatic heterocycles. The van der Waals surface area contributed by atoms with Gasteiger partial charge in [-0.05, 0) is 41.1 Å². The average molecular weight is 368 g/mol. The van der Waals surface area contributed by atoms with E-state index in [2.05, 4.69) is 52.1 Å². The second-order valence-corrected chi connectivity index (χ2v) is 6.81. The number of azide groups is 2. The average Bonchev–Trinajstić information content (AvgIpc) is 2.69. The van der Waals surface area contributed by atoms with Crippen LogP contribution in [0.3, 0.4) is 0 Å². The zero-order chi connectivity index (χ0) is 19.9. The van der Waals surface area contributed by atoms with Crippen molar-refractivity contribution < 1.29 is 0 Å². The molecule has 1 atom stereocenters. The third-order valence-electron chi connectivity index (χ3n) is 4.74. The van der Waals surface area contributed by atoms with E-state index in [0.717, 1.165) is 17.5 Å². The first-order valence-corrected chi connectivity index (χ1v) is 8.98. The van der Waals surface area contributed by atoms with Crippen LogP contribution in [0.5, 0.6) is 0 Å². The van der Waals surface area contributed by atoms with Crippen LogP contribution in [0, 0.1) is 5.92 Å². The van der Waals surface area contributed by atoms with E-state index in [1.807, 2.05) is 48.5 Å². The predicted molar refractivity (Wildman–Crippen MR) is 114 cm³/mol. The highest BCUT2D eigenvalue weighted by molar-refractivity contribution is 5.65. The van der Waals surface area contributed by atoms with E-state index in [4.69, 9.17) is 11.1 Å². The molecule has 0 fully saturated rings. The van der Waals surface area contributed by atoms with Gasteiger partial charge in [-0.2, -0.15) is 0 Å². The van der Waals surface area contributed by atoms with Gasteiger partial charge in [0.2, 0.25) is 0 Å². The maximum Gasteiger partial charge on any atom is 0.0375 e. The first kappa shape index (κ1) is 19.1. The fraction of sp³-hybridized carbons (Fsp3) is 0.182. The fourth-order valence-electron chi connectivity index (χ4n) is 3.28. The first-order valence-electron chi connectivity index (χ1n) is 8.98. The summed E-state index contributed by atoms with van der Waals surface area (Å²) in [7, 11) is 0. The summed E-state index contributed by atoms with van der Waals surface area (Å²) in [5.74, 6) is 0.289. The Balaban J connectivity index is 1.88. The van der Waals surface area contributed by atoms with Crippen LogP contribution in [0.15, 0.2) is 81.6 Å². The standard InChI is InChI=1S/C22H20N6/c1-15-11-19(13-17-3-7-21(8-4-17)25-27-23)16(2)20(12-15)14-18-5-9-22(10-6-18)26-28-24/h3-11,13-14,16H,12H2,1-2H3. The Morgan fingerprint density at radius 1 is 0.857 bits per heavy atom. The van der Waals surface area contributed by atoms with Crippen LogP contribution in [0.2, 0.25) is 0 Å². The lowest BCUT2D eigenvalue weighted by Gasteiger charge is -2.24. The molecule has 2 aromatic carbocycles. The summed E-state index contributed by atoms with van der Waals surface area (Å²) in [6, 6.07) is 15.1. The number of hydrogen-bond donors (Lipinski definition) is 0. The van der Waals surface area contributed by atoms with Crippen molar-refractivity contribution in [1.29, 1.82) is 0 Å². The second-order valence-electron chi connectivity index (χ2n) is 6.81. The Labute approximate surface area is 163 Å². The second kappa shape index (κ2) is 8.78. The minimum absolute atomic E-state index is 0.289. The molecule has 0 saturated carbocycles. The molecule has 0 amide bonds. The smallest absolute Gasteiger partial charge is 0.0375 e. The van der Waals surface area contributed by atoms with Crippen LogP contribution in [0.1, 0.15) is 31.4 Å². The van der Waals surface area contributed by atoms with Gasteiger partial charge >= 0.3 is 0 Å². The van der Waals surface area contributed by atoms with Crippen molar-refractivity contribution in [2.24, 2.45) is 16.1 Å². The van der Waals surface area contributed by atoms with Crippen molar-refractivity contribution in [1.82, 2.24) is 0 Å². The number of allylic oxidation sites excluding steroid dienone is 4. The Kier molecular flexibility index (Phi) is 5.97. The van der Waals surface area contributed by atoms with Gasteiger partial charge < -0.3 is 0 Å². The van der Waals surface area contributed by atoms with Crippen molar-refractivity contribution in [3.63, 3.8) is 0 Å². The molecule has 3 rings (SSSR count). The largest absolute Gasteiger partial charge is 0.0689 e. The van der Waals surface area contributed by atoms with Crippen molar-refractivity contribution in [3.8, 4) is 0 Å². The number of rotatable bonds is 4. The van der Waals surface area contributed by atoms with E-state index < -0.39 is 0 Å². The Morgan fingerprint density at radius 2 is 1.36 bits per heavy atom. The predicted octanol–water partition coefficient (Wildman–Crippen LogP) is 8.02. The van der Waals surface area contributed by atoms with E-state index in [1.54, 1.807) is 0 Å². The molecule has 1 aliphatic carbocycles. The van der Waals surface area contributed by atoms with Gasteiger partial charge in [-0.3, -0.25) is 0 Å². The monoisotopic (exact) mass is 368 g/mol. The third kappa shape index (κ3) is 4.71. The zero-order valence-electron chi connectivity index (χ0n) is 15.8. The molecule has 0 spiro atoms. The minimum Gasteiger partial charge on any atom is -0.0689 e. The van der Waals surface area contributed by atoms with Crippen molar-refractivity contribution in [3.05, 3.63) is 103 Å². The van der Waals surface area contributed by atoms with Crippen molar-refractivity contribution in [2.45, 2.75) is 20.3 Å². The summed E-state index contributed by atoms with van der Waals surface area (Å²) in [6.45, 7) is 4.35. The summed E-state index contributed by atoms with van der Waals surface area (Å²) in [5.41, 5.74) is 24.3. The Bertz CT molecular complexity index is 1050. The summed E-state index contributed by atoms with van der Waals surface area (Å²) >= 11 is 0. The summed E-state index contributed by atoms with van der Waals surface area (Å²) in [5, 5.41) is 7.22. The van der Waals surface area contributed by atoms with Crippen LogP contribution in [-0.4, -0.2) is 0 Å². The topological polar surface area (TPSA) is 97.5 Å². The Morgan fingerprint density at radius 3 is 1.86 bits per heavy atom. The molecule has 0 N–H and O–H groups in total. The van der Waals surface area contributed by atoms with Crippen molar-refractivity contribution >= 4 is 23.5 Å². The minimum atomic E-state index is 0.289. The maximum absolute atomic E-state index is 8.52. The molecule has 0 heterocycles. The molecular weight excluding hydrogens is 348 g/mol. The summed E-state index contributed by atoms with van der Waals surface area (Å²) < 4.78 is 0. The van der Waals surface area contributed by atoms with Crippen LogP contribution in [-0.2, 0) is 0 Å². The highest BCUT2D eigenvalue weighted by Gasteiger charge is 2.18. The SMILES string of the molecule is CC1=CC(=Cc2ccc(N=[N+]=[N-])cc2)C(C)C(=Cc2ccc(N=[N+]=[N-])cc2)C1. The van der Waals surface area contributed by atoms with E-state index in [-0.39, 0.29) is 5.92 Å². The van der Waals surface area contributed by atoms with Gasteiger partial charge in [-0.25, -0.2) is 0 Å². The first-order chi connectivity index (χ1) is 13.6. The molecule has 1 aliphatic rings. The van der Waals surface area contributed by atoms with Crippen molar-refractivity contribution in [2.75, 3.05) is 0 Å². The number of nitrogens with zero attached hydrogens (tertiary/aromatic N) is 6. The van der Waals surface area contributed by atoms with Crippen LogP contribution in [0.4, 0.5) is 11.4 Å². The molecule has 0 saturated heterocycles. The van der Waals surface area contributed by atoms with E-state index in [1.165, 1.54) is 16.7 Å². The number of hydrogen-bond acceptors (Lipinski definition) is 2. The van der Waals surface area contributed by atoms with Gasteiger partial charge in [-0.1, -0.05) is 95.1 Å². The Hall–Kier alpha value is -3.72. The van der Waals surface area contributed by atoms with Gasteiger partial charge in [0.25, 0.3) is 0 Å². The summed E-state index contributed by atoms with van der Waals surface area (Å²) in [4.78, 5) is 5.62. The fourth-order valence-corrected chi connectivity index (χ4v) is 3.28. The lowest BCUT2D eigenvalue weighted by Crippen LogP contribution is -2.08. The highest BCUT2D eigenvalue weighted by atomic mass is 15.1. The molecule has 1 unspecified atom stereocenters. The molecule has 138 valence electrons. The van der Waals surface area contributed by atoms with E-state index >= 15 is 0 Å². The quantitative estimate of drug-likeness (QED) is 0.296. The summed E-state index contributed by atoms with van der Waals surface area (Å²) in [6.07, 6.45) is 7.56. The molecule has 6 heteroatoms. The molecule has 0 radical (unpaired) electrons. The number of benzene rings is 2. The van der Waals surface area contributed by atoms with Gasteiger partial charge in [0.1, 0.15) is 0 Å². The third-order valence-corrected chi connectivity index (χ3v) is 4.74. The maximum atomic E-state index is 8.52. The van der Waals surface area contributed by atoms with Gasteiger partial charge in [0.15, 0.2) is 0 Å². The molecular formula is C22H20N6. The van der Waals surface area contributed by atoms with E-state index in [0.29, 0.717) is 11.4 Å². The van der Waals surface area contributed by atoms with Gasteiger partial charge in [0, 0.05) is 27.1 Å². The van der Waals surface area contributed by atoms with Gasteiger partial charge in [-0.15, -0.1) is 0 Å².